The van der Waals surface area contributed by atoms with E-state index in [1.165, 1.54) is 0 Å². The standard InChI is InChI=1S/C36H43N3O7/c40-21-25-11-8-18-38(25)33(41)20-24-10-2-1-3-17-32(35(43)45-22-26-12-9-19-39(26)34(24)42)37-36(44)46-23-31-29-15-6-4-13-27(29)28-14-5-7-16-30(28)31/h1-2,4-7,13-16,24-26,31-32,40H,3,8-12,17-23H2,(H,37,44)/t24-,25+,26+,32-/m1/s1. The monoisotopic (exact) mass is 629 g/mol. The van der Waals surface area contributed by atoms with Crippen LogP contribution in [-0.2, 0) is 23.9 Å². The van der Waals surface area contributed by atoms with Gasteiger partial charge in [0, 0.05) is 25.4 Å². The first kappa shape index (κ1) is 31.8. The third kappa shape index (κ3) is 6.82. The van der Waals surface area contributed by atoms with E-state index in [1.807, 2.05) is 36.4 Å². The first-order valence-electron chi connectivity index (χ1n) is 16.6. The third-order valence-electron chi connectivity index (χ3n) is 9.89. The Kier molecular flexibility index (Phi) is 10.0. The highest BCUT2D eigenvalue weighted by atomic mass is 16.6. The number of esters is 1. The van der Waals surface area contributed by atoms with Crippen molar-refractivity contribution in [3.05, 3.63) is 71.8 Å². The average molecular weight is 630 g/mol. The number of amides is 3. The molecule has 3 heterocycles. The molecule has 0 aromatic heterocycles. The molecule has 4 aliphatic rings. The number of cyclic esters (lactones) is 1. The number of rotatable bonds is 6. The van der Waals surface area contributed by atoms with Crippen molar-refractivity contribution in [1.82, 2.24) is 15.1 Å². The first-order valence-corrected chi connectivity index (χ1v) is 16.6. The molecular weight excluding hydrogens is 586 g/mol. The number of aliphatic hydroxyl groups excluding tert-OH is 1. The molecular formula is C36H43N3O7. The van der Waals surface area contributed by atoms with Gasteiger partial charge in [-0.3, -0.25) is 9.59 Å². The normalized spacial score (nSPS) is 25.1. The van der Waals surface area contributed by atoms with E-state index in [0.29, 0.717) is 38.8 Å². The van der Waals surface area contributed by atoms with Crippen LogP contribution in [0.25, 0.3) is 11.1 Å². The molecule has 2 saturated heterocycles. The molecule has 4 atom stereocenters. The Morgan fingerprint density at radius 2 is 1.65 bits per heavy atom. The molecule has 3 amide bonds. The van der Waals surface area contributed by atoms with Gasteiger partial charge < -0.3 is 29.7 Å². The summed E-state index contributed by atoms with van der Waals surface area (Å²) in [5.41, 5.74) is 4.48. The maximum Gasteiger partial charge on any atom is 0.407 e. The number of allylic oxidation sites excluding steroid dienone is 2. The summed E-state index contributed by atoms with van der Waals surface area (Å²) in [5, 5.41) is 12.4. The van der Waals surface area contributed by atoms with Crippen LogP contribution in [0.15, 0.2) is 60.7 Å². The Morgan fingerprint density at radius 3 is 2.39 bits per heavy atom. The van der Waals surface area contributed by atoms with Crippen LogP contribution in [-0.4, -0.2) is 89.8 Å². The first-order chi connectivity index (χ1) is 22.4. The SMILES string of the molecule is O=C(N[C@@H]1CCC=CC[C@H](CC(=O)N2CCC[C@H]2CO)C(=O)N2CCC[C@H]2COC1=O)OCC1c2ccccc2-c2ccccc21. The second kappa shape index (κ2) is 14.5. The number of carbonyl (C=O) groups is 4. The predicted octanol–water partition coefficient (Wildman–Crippen LogP) is 4.16. The molecule has 1 aliphatic carbocycles. The molecule has 10 heteroatoms. The minimum absolute atomic E-state index is 0.0280. The summed E-state index contributed by atoms with van der Waals surface area (Å²) >= 11 is 0. The molecule has 0 spiro atoms. The van der Waals surface area contributed by atoms with Crippen LogP contribution in [0.3, 0.4) is 0 Å². The molecule has 46 heavy (non-hydrogen) atoms. The molecule has 3 aliphatic heterocycles. The quantitative estimate of drug-likeness (QED) is 0.363. The number of alkyl carbamates (subject to hydrolysis) is 1. The molecule has 0 unspecified atom stereocenters. The lowest BCUT2D eigenvalue weighted by atomic mass is 9.97. The predicted molar refractivity (Wildman–Crippen MR) is 171 cm³/mol. The highest BCUT2D eigenvalue weighted by Gasteiger charge is 2.37. The van der Waals surface area contributed by atoms with Gasteiger partial charge in [-0.2, -0.15) is 0 Å². The maximum atomic E-state index is 13.7. The summed E-state index contributed by atoms with van der Waals surface area (Å²) in [5.74, 6) is -1.41. The molecule has 2 aromatic rings. The third-order valence-corrected chi connectivity index (χ3v) is 9.89. The minimum Gasteiger partial charge on any atom is -0.462 e. The maximum absolute atomic E-state index is 13.7. The van der Waals surface area contributed by atoms with Crippen molar-refractivity contribution in [2.24, 2.45) is 5.92 Å². The number of benzene rings is 2. The number of aliphatic hydroxyl groups is 1. The summed E-state index contributed by atoms with van der Waals surface area (Å²) in [6.45, 7) is 1.23. The molecule has 2 aromatic carbocycles. The average Bonchev–Trinajstić information content (AvgIpc) is 3.82. The molecule has 244 valence electrons. The fourth-order valence-corrected chi connectivity index (χ4v) is 7.44. The number of hydrogen-bond donors (Lipinski definition) is 2. The number of nitrogens with one attached hydrogen (secondary N) is 1. The summed E-state index contributed by atoms with van der Waals surface area (Å²) in [6.07, 6.45) is 7.42. The summed E-state index contributed by atoms with van der Waals surface area (Å²) < 4.78 is 11.4. The van der Waals surface area contributed by atoms with Crippen LogP contribution < -0.4 is 5.32 Å². The van der Waals surface area contributed by atoms with E-state index in [-0.39, 0.29) is 56.1 Å². The van der Waals surface area contributed by atoms with E-state index in [2.05, 4.69) is 29.6 Å². The van der Waals surface area contributed by atoms with Gasteiger partial charge in [-0.1, -0.05) is 60.7 Å². The van der Waals surface area contributed by atoms with E-state index in [4.69, 9.17) is 9.47 Å². The van der Waals surface area contributed by atoms with Crippen LogP contribution in [0.4, 0.5) is 4.79 Å². The summed E-state index contributed by atoms with van der Waals surface area (Å²) in [7, 11) is 0. The highest BCUT2D eigenvalue weighted by Crippen LogP contribution is 2.44. The van der Waals surface area contributed by atoms with E-state index in [0.717, 1.165) is 41.5 Å². The van der Waals surface area contributed by atoms with Crippen LogP contribution in [0.5, 0.6) is 0 Å². The van der Waals surface area contributed by atoms with E-state index in [1.54, 1.807) is 9.80 Å². The van der Waals surface area contributed by atoms with Gasteiger partial charge in [0.1, 0.15) is 19.3 Å². The zero-order valence-corrected chi connectivity index (χ0v) is 26.1. The Balaban J connectivity index is 1.10. The van der Waals surface area contributed by atoms with Gasteiger partial charge in [-0.25, -0.2) is 9.59 Å². The van der Waals surface area contributed by atoms with Crippen molar-refractivity contribution in [2.45, 2.75) is 75.4 Å². The molecule has 0 bridgehead atoms. The Hall–Kier alpha value is -4.18. The Labute approximate surface area is 269 Å². The van der Waals surface area contributed by atoms with Crippen molar-refractivity contribution >= 4 is 23.9 Å². The topological polar surface area (TPSA) is 125 Å². The molecule has 0 radical (unpaired) electrons. The number of carbonyl (C=O) groups excluding carboxylic acids is 4. The summed E-state index contributed by atoms with van der Waals surface area (Å²) in [4.78, 5) is 56.6. The molecule has 10 nitrogen and oxygen atoms in total. The number of hydrogen-bond acceptors (Lipinski definition) is 7. The highest BCUT2D eigenvalue weighted by molar-refractivity contribution is 5.87. The van der Waals surface area contributed by atoms with Crippen molar-refractivity contribution in [1.29, 1.82) is 0 Å². The van der Waals surface area contributed by atoms with Crippen LogP contribution in [0.1, 0.15) is 68.4 Å². The zero-order chi connectivity index (χ0) is 32.0. The van der Waals surface area contributed by atoms with Gasteiger partial charge in [-0.15, -0.1) is 0 Å². The molecule has 0 saturated carbocycles. The van der Waals surface area contributed by atoms with Crippen LogP contribution in [0, 0.1) is 5.92 Å². The molecule has 2 fully saturated rings. The van der Waals surface area contributed by atoms with Crippen molar-refractivity contribution in [3.8, 4) is 11.1 Å². The number of ether oxygens (including phenoxy) is 2. The second-order valence-electron chi connectivity index (χ2n) is 12.7. The van der Waals surface area contributed by atoms with Crippen LogP contribution in [0.2, 0.25) is 0 Å². The van der Waals surface area contributed by atoms with Crippen molar-refractivity contribution in [3.63, 3.8) is 0 Å². The summed E-state index contributed by atoms with van der Waals surface area (Å²) in [6, 6.07) is 14.8. The number of nitrogens with zero attached hydrogens (tertiary/aromatic N) is 2. The Bertz CT molecular complexity index is 1430. The number of likely N-dealkylation sites (tertiary alicyclic amines) is 1. The second-order valence-corrected chi connectivity index (χ2v) is 12.7. The molecule has 6 rings (SSSR count). The van der Waals surface area contributed by atoms with Gasteiger partial charge in [-0.05, 0) is 67.2 Å². The fraction of sp³-hybridized carbons (Fsp3) is 0.500. The van der Waals surface area contributed by atoms with Gasteiger partial charge in [0.25, 0.3) is 0 Å². The van der Waals surface area contributed by atoms with Crippen LogP contribution >= 0.6 is 0 Å². The fourth-order valence-electron chi connectivity index (χ4n) is 7.44. The van der Waals surface area contributed by atoms with E-state index < -0.39 is 24.0 Å². The Morgan fingerprint density at radius 1 is 0.935 bits per heavy atom. The zero-order valence-electron chi connectivity index (χ0n) is 26.1. The van der Waals surface area contributed by atoms with Gasteiger partial charge >= 0.3 is 12.1 Å². The lowest BCUT2D eigenvalue weighted by molar-refractivity contribution is -0.150. The van der Waals surface area contributed by atoms with Gasteiger partial charge in [0.2, 0.25) is 11.8 Å². The smallest absolute Gasteiger partial charge is 0.407 e. The van der Waals surface area contributed by atoms with Gasteiger partial charge in [0.15, 0.2) is 0 Å². The van der Waals surface area contributed by atoms with E-state index >= 15 is 0 Å². The lowest BCUT2D eigenvalue weighted by Crippen LogP contribution is -2.46. The van der Waals surface area contributed by atoms with Crippen molar-refractivity contribution < 1.29 is 33.8 Å². The molecule has 2 N–H and O–H groups in total. The van der Waals surface area contributed by atoms with Gasteiger partial charge in [0.05, 0.1) is 24.6 Å². The van der Waals surface area contributed by atoms with Crippen molar-refractivity contribution in [2.75, 3.05) is 32.9 Å². The largest absolute Gasteiger partial charge is 0.462 e. The lowest BCUT2D eigenvalue weighted by Gasteiger charge is -2.30. The minimum atomic E-state index is -0.908. The van der Waals surface area contributed by atoms with E-state index in [9.17, 15) is 24.3 Å². The number of fused-ring (bicyclic) bond motifs is 4.